The fourth-order valence-electron chi connectivity index (χ4n) is 1.56. The average molecular weight is 305 g/mol. The number of anilines is 1. The molecular formula is C12H14F3N3OS. The Morgan fingerprint density at radius 3 is 2.80 bits per heavy atom. The van der Waals surface area contributed by atoms with E-state index >= 15 is 0 Å². The Kier molecular flexibility index (Phi) is 4.44. The molecule has 0 aromatic carbocycles. The number of fused-ring (bicyclic) bond motifs is 1. The number of hydrogen-bond donors (Lipinski definition) is 1. The van der Waals surface area contributed by atoms with Crippen LogP contribution in [0, 0.1) is 0 Å². The van der Waals surface area contributed by atoms with Crippen LogP contribution in [-0.4, -0.2) is 28.8 Å². The van der Waals surface area contributed by atoms with Gasteiger partial charge in [0.05, 0.1) is 5.39 Å². The first-order chi connectivity index (χ1) is 9.41. The van der Waals surface area contributed by atoms with Crippen molar-refractivity contribution in [3.05, 3.63) is 17.3 Å². The lowest BCUT2D eigenvalue weighted by molar-refractivity contribution is -0.217. The third-order valence-corrected chi connectivity index (χ3v) is 3.45. The Morgan fingerprint density at radius 2 is 2.15 bits per heavy atom. The summed E-state index contributed by atoms with van der Waals surface area (Å²) < 4.78 is 41.9. The predicted molar refractivity (Wildman–Crippen MR) is 71.9 cm³/mol. The van der Waals surface area contributed by atoms with E-state index in [4.69, 9.17) is 4.74 Å². The van der Waals surface area contributed by atoms with E-state index in [0.29, 0.717) is 12.4 Å². The van der Waals surface area contributed by atoms with E-state index in [9.17, 15) is 13.2 Å². The van der Waals surface area contributed by atoms with Crippen molar-refractivity contribution in [1.29, 1.82) is 0 Å². The molecule has 0 spiro atoms. The van der Waals surface area contributed by atoms with Gasteiger partial charge >= 0.3 is 6.18 Å². The monoisotopic (exact) mass is 305 g/mol. The van der Waals surface area contributed by atoms with Gasteiger partial charge in [0.1, 0.15) is 17.3 Å². The first-order valence-electron chi connectivity index (χ1n) is 6.08. The molecule has 8 heteroatoms. The zero-order chi connectivity index (χ0) is 14.8. The van der Waals surface area contributed by atoms with Crippen LogP contribution in [0.3, 0.4) is 0 Å². The number of thiophene rings is 1. The van der Waals surface area contributed by atoms with E-state index in [2.05, 4.69) is 15.3 Å². The minimum Gasteiger partial charge on any atom is -0.370 e. The molecule has 1 atom stereocenters. The Morgan fingerprint density at radius 1 is 1.40 bits per heavy atom. The van der Waals surface area contributed by atoms with E-state index < -0.39 is 12.3 Å². The second-order valence-corrected chi connectivity index (χ2v) is 5.05. The lowest BCUT2D eigenvalue weighted by atomic mass is 10.3. The lowest BCUT2D eigenvalue weighted by Gasteiger charge is -2.16. The largest absolute Gasteiger partial charge is 0.414 e. The molecule has 0 saturated heterocycles. The summed E-state index contributed by atoms with van der Waals surface area (Å²) in [5, 5.41) is 5.80. The van der Waals surface area contributed by atoms with Crippen LogP contribution in [-0.2, 0) is 11.3 Å². The number of rotatable bonds is 5. The number of hydrogen-bond acceptors (Lipinski definition) is 5. The van der Waals surface area contributed by atoms with E-state index in [-0.39, 0.29) is 12.4 Å². The number of nitrogens with one attached hydrogen (secondary N) is 1. The van der Waals surface area contributed by atoms with Crippen molar-refractivity contribution >= 4 is 27.4 Å². The van der Waals surface area contributed by atoms with Crippen LogP contribution in [0.25, 0.3) is 10.2 Å². The summed E-state index contributed by atoms with van der Waals surface area (Å²) in [6.07, 6.45) is -6.22. The van der Waals surface area contributed by atoms with Crippen molar-refractivity contribution in [2.45, 2.75) is 32.7 Å². The number of nitrogens with zero attached hydrogens (tertiary/aromatic N) is 2. The highest BCUT2D eigenvalue weighted by Crippen LogP contribution is 2.26. The smallest absolute Gasteiger partial charge is 0.370 e. The maximum absolute atomic E-state index is 12.4. The molecule has 0 radical (unpaired) electrons. The molecule has 0 amide bonds. The fourth-order valence-corrected chi connectivity index (χ4v) is 2.34. The molecule has 0 fully saturated rings. The van der Waals surface area contributed by atoms with Crippen LogP contribution in [0.4, 0.5) is 19.0 Å². The van der Waals surface area contributed by atoms with Crippen molar-refractivity contribution in [1.82, 2.24) is 9.97 Å². The van der Waals surface area contributed by atoms with Crippen LogP contribution < -0.4 is 5.32 Å². The number of ether oxygens (including phenoxy) is 1. The molecule has 0 bridgehead atoms. The zero-order valence-electron chi connectivity index (χ0n) is 11.0. The molecule has 0 aliphatic carbocycles. The highest BCUT2D eigenvalue weighted by atomic mass is 32.1. The summed E-state index contributed by atoms with van der Waals surface area (Å²) in [4.78, 5) is 9.15. The Hall–Kier alpha value is -1.41. The molecule has 4 nitrogen and oxygen atoms in total. The van der Waals surface area contributed by atoms with Gasteiger partial charge in [-0.1, -0.05) is 0 Å². The third kappa shape index (κ3) is 3.37. The molecule has 0 aliphatic rings. The molecule has 0 saturated carbocycles. The zero-order valence-corrected chi connectivity index (χ0v) is 11.8. The molecule has 2 heterocycles. The fraction of sp³-hybridized carbons (Fsp3) is 0.500. The summed E-state index contributed by atoms with van der Waals surface area (Å²) in [5.41, 5.74) is 0. The maximum Gasteiger partial charge on any atom is 0.414 e. The van der Waals surface area contributed by atoms with Gasteiger partial charge in [-0.05, 0) is 25.3 Å². The van der Waals surface area contributed by atoms with Crippen molar-refractivity contribution in [3.8, 4) is 0 Å². The minimum atomic E-state index is -4.38. The summed E-state index contributed by atoms with van der Waals surface area (Å²) >= 11 is 1.41. The minimum absolute atomic E-state index is 0.243. The Bertz CT molecular complexity index is 585. The molecule has 2 aromatic heterocycles. The van der Waals surface area contributed by atoms with Gasteiger partial charge in [-0.2, -0.15) is 13.2 Å². The van der Waals surface area contributed by atoms with Gasteiger partial charge in [-0.3, -0.25) is 0 Å². The number of halogens is 3. The van der Waals surface area contributed by atoms with Crippen LogP contribution in [0.5, 0.6) is 0 Å². The van der Waals surface area contributed by atoms with Gasteiger partial charge in [0.2, 0.25) is 0 Å². The van der Waals surface area contributed by atoms with Crippen molar-refractivity contribution in [3.63, 3.8) is 0 Å². The quantitative estimate of drug-likeness (QED) is 0.917. The van der Waals surface area contributed by atoms with Crippen LogP contribution >= 0.6 is 11.3 Å². The highest BCUT2D eigenvalue weighted by molar-refractivity contribution is 7.16. The SMILES string of the molecule is CCNc1nc(COC(C)C(F)(F)F)nc2sccc12. The lowest BCUT2D eigenvalue weighted by Crippen LogP contribution is -2.28. The van der Waals surface area contributed by atoms with Gasteiger partial charge in [-0.15, -0.1) is 11.3 Å². The first kappa shape index (κ1) is 15.0. The summed E-state index contributed by atoms with van der Waals surface area (Å²) in [6, 6.07) is 1.88. The van der Waals surface area contributed by atoms with E-state index in [1.165, 1.54) is 11.3 Å². The topological polar surface area (TPSA) is 47.0 Å². The predicted octanol–water partition coefficient (Wildman–Crippen LogP) is 3.59. The van der Waals surface area contributed by atoms with Crippen molar-refractivity contribution < 1.29 is 17.9 Å². The van der Waals surface area contributed by atoms with Gasteiger partial charge in [-0.25, -0.2) is 9.97 Å². The van der Waals surface area contributed by atoms with Crippen LogP contribution in [0.1, 0.15) is 19.7 Å². The molecule has 110 valence electrons. The van der Waals surface area contributed by atoms with Crippen molar-refractivity contribution in [2.75, 3.05) is 11.9 Å². The Labute approximate surface area is 118 Å². The van der Waals surface area contributed by atoms with Gasteiger partial charge < -0.3 is 10.1 Å². The van der Waals surface area contributed by atoms with Crippen molar-refractivity contribution in [2.24, 2.45) is 0 Å². The molecular weight excluding hydrogens is 291 g/mol. The van der Waals surface area contributed by atoms with E-state index in [0.717, 1.165) is 17.1 Å². The van der Waals surface area contributed by atoms with Crippen LogP contribution in [0.2, 0.25) is 0 Å². The molecule has 1 unspecified atom stereocenters. The van der Waals surface area contributed by atoms with Gasteiger partial charge in [0, 0.05) is 6.54 Å². The maximum atomic E-state index is 12.4. The van der Waals surface area contributed by atoms with E-state index in [1.807, 2.05) is 18.4 Å². The molecule has 20 heavy (non-hydrogen) atoms. The molecule has 2 aromatic rings. The summed E-state index contributed by atoms with van der Waals surface area (Å²) in [5.74, 6) is 0.865. The summed E-state index contributed by atoms with van der Waals surface area (Å²) in [6.45, 7) is 3.28. The normalized spacial score (nSPS) is 13.7. The Balaban J connectivity index is 2.18. The molecule has 0 aliphatic heterocycles. The number of aromatic nitrogens is 2. The van der Waals surface area contributed by atoms with Crippen LogP contribution in [0.15, 0.2) is 11.4 Å². The summed E-state index contributed by atoms with van der Waals surface area (Å²) in [7, 11) is 0. The first-order valence-corrected chi connectivity index (χ1v) is 6.96. The van der Waals surface area contributed by atoms with E-state index in [1.54, 1.807) is 0 Å². The van der Waals surface area contributed by atoms with Gasteiger partial charge in [0.15, 0.2) is 11.9 Å². The average Bonchev–Trinajstić information content (AvgIpc) is 2.83. The second kappa shape index (κ2) is 5.92. The number of alkyl halides is 3. The van der Waals surface area contributed by atoms with Gasteiger partial charge in [0.25, 0.3) is 0 Å². The third-order valence-electron chi connectivity index (χ3n) is 2.64. The molecule has 1 N–H and O–H groups in total. The standard InChI is InChI=1S/C12H14F3N3OS/c1-3-16-10-8-4-5-20-11(8)18-9(17-10)6-19-7(2)12(13,14)15/h4-5,7H,3,6H2,1-2H3,(H,16,17,18). The molecule has 2 rings (SSSR count). The highest BCUT2D eigenvalue weighted by Gasteiger charge is 2.37. The second-order valence-electron chi connectivity index (χ2n) is 4.15.